The van der Waals surface area contributed by atoms with Gasteiger partial charge in [0, 0.05) is 12.6 Å². The number of halogens is 1. The SMILES string of the molecule is CCc1ccccc1CNC(C)c1ccc(F)cc1. The van der Waals surface area contributed by atoms with Gasteiger partial charge in [0.05, 0.1) is 0 Å². The second kappa shape index (κ2) is 6.48. The largest absolute Gasteiger partial charge is 0.306 e. The first-order valence-corrected chi connectivity index (χ1v) is 6.76. The fourth-order valence-corrected chi connectivity index (χ4v) is 2.21. The molecule has 1 atom stereocenters. The van der Waals surface area contributed by atoms with Crippen LogP contribution in [0.2, 0.25) is 0 Å². The third kappa shape index (κ3) is 3.65. The molecule has 0 heterocycles. The lowest BCUT2D eigenvalue weighted by atomic mass is 10.0. The van der Waals surface area contributed by atoms with Gasteiger partial charge in [0.2, 0.25) is 0 Å². The molecule has 0 aliphatic carbocycles. The minimum Gasteiger partial charge on any atom is -0.306 e. The van der Waals surface area contributed by atoms with Crippen LogP contribution in [0.15, 0.2) is 48.5 Å². The molecule has 0 aromatic heterocycles. The average Bonchev–Trinajstić information content (AvgIpc) is 2.45. The van der Waals surface area contributed by atoms with Crippen molar-refractivity contribution in [3.8, 4) is 0 Å². The monoisotopic (exact) mass is 257 g/mol. The highest BCUT2D eigenvalue weighted by atomic mass is 19.1. The van der Waals surface area contributed by atoms with Crippen LogP contribution in [-0.4, -0.2) is 0 Å². The van der Waals surface area contributed by atoms with Crippen LogP contribution in [0.25, 0.3) is 0 Å². The minimum absolute atomic E-state index is 0.188. The smallest absolute Gasteiger partial charge is 0.123 e. The molecule has 2 heteroatoms. The molecule has 0 amide bonds. The minimum atomic E-state index is -0.188. The van der Waals surface area contributed by atoms with E-state index in [1.807, 2.05) is 12.1 Å². The zero-order chi connectivity index (χ0) is 13.7. The van der Waals surface area contributed by atoms with Crippen LogP contribution in [0.1, 0.15) is 36.6 Å². The Morgan fingerprint density at radius 3 is 2.26 bits per heavy atom. The van der Waals surface area contributed by atoms with Crippen molar-refractivity contribution in [1.29, 1.82) is 0 Å². The van der Waals surface area contributed by atoms with E-state index in [4.69, 9.17) is 0 Å². The van der Waals surface area contributed by atoms with Gasteiger partial charge in [-0.1, -0.05) is 43.3 Å². The van der Waals surface area contributed by atoms with E-state index in [1.54, 1.807) is 0 Å². The highest BCUT2D eigenvalue weighted by molar-refractivity contribution is 5.27. The molecule has 19 heavy (non-hydrogen) atoms. The summed E-state index contributed by atoms with van der Waals surface area (Å²) in [6.07, 6.45) is 1.04. The van der Waals surface area contributed by atoms with Crippen molar-refractivity contribution < 1.29 is 4.39 Å². The first-order chi connectivity index (χ1) is 9.20. The summed E-state index contributed by atoms with van der Waals surface area (Å²) in [5.41, 5.74) is 3.82. The van der Waals surface area contributed by atoms with Crippen LogP contribution in [0.4, 0.5) is 4.39 Å². The Hall–Kier alpha value is -1.67. The van der Waals surface area contributed by atoms with Crippen molar-refractivity contribution in [1.82, 2.24) is 5.32 Å². The van der Waals surface area contributed by atoms with E-state index in [9.17, 15) is 4.39 Å². The third-order valence-corrected chi connectivity index (χ3v) is 3.47. The molecule has 2 aromatic rings. The lowest BCUT2D eigenvalue weighted by Crippen LogP contribution is -2.18. The molecule has 100 valence electrons. The molecule has 0 saturated carbocycles. The second-order valence-electron chi connectivity index (χ2n) is 4.78. The molecule has 1 nitrogen and oxygen atoms in total. The number of benzene rings is 2. The van der Waals surface area contributed by atoms with Crippen LogP contribution in [0.3, 0.4) is 0 Å². The maximum atomic E-state index is 12.9. The first-order valence-electron chi connectivity index (χ1n) is 6.76. The molecule has 0 aliphatic heterocycles. The molecule has 0 fully saturated rings. The summed E-state index contributed by atoms with van der Waals surface area (Å²) < 4.78 is 12.9. The summed E-state index contributed by atoms with van der Waals surface area (Å²) in [4.78, 5) is 0. The van der Waals surface area contributed by atoms with Crippen molar-refractivity contribution in [2.24, 2.45) is 0 Å². The zero-order valence-electron chi connectivity index (χ0n) is 11.5. The summed E-state index contributed by atoms with van der Waals surface area (Å²) in [6, 6.07) is 15.4. The van der Waals surface area contributed by atoms with Gasteiger partial charge in [0.15, 0.2) is 0 Å². The van der Waals surface area contributed by atoms with Gasteiger partial charge in [-0.3, -0.25) is 0 Å². The molecular formula is C17H20FN. The molecule has 0 radical (unpaired) electrons. The van der Waals surface area contributed by atoms with Crippen LogP contribution < -0.4 is 5.32 Å². The highest BCUT2D eigenvalue weighted by Gasteiger charge is 2.06. The lowest BCUT2D eigenvalue weighted by Gasteiger charge is -2.16. The van der Waals surface area contributed by atoms with Gasteiger partial charge in [-0.25, -0.2) is 4.39 Å². The predicted octanol–water partition coefficient (Wildman–Crippen LogP) is 4.24. The summed E-state index contributed by atoms with van der Waals surface area (Å²) in [7, 11) is 0. The summed E-state index contributed by atoms with van der Waals surface area (Å²) in [6.45, 7) is 5.10. The summed E-state index contributed by atoms with van der Waals surface area (Å²) in [5, 5.41) is 3.49. The fourth-order valence-electron chi connectivity index (χ4n) is 2.21. The van der Waals surface area contributed by atoms with Crippen molar-refractivity contribution in [2.75, 3.05) is 0 Å². The number of nitrogens with one attached hydrogen (secondary N) is 1. The fraction of sp³-hybridized carbons (Fsp3) is 0.294. The van der Waals surface area contributed by atoms with E-state index >= 15 is 0 Å². The highest BCUT2D eigenvalue weighted by Crippen LogP contribution is 2.15. The standard InChI is InChI=1S/C17H20FN/c1-3-14-6-4-5-7-16(14)12-19-13(2)15-8-10-17(18)11-9-15/h4-11,13,19H,3,12H2,1-2H3. The van der Waals surface area contributed by atoms with Gasteiger partial charge in [-0.15, -0.1) is 0 Å². The first kappa shape index (κ1) is 13.8. The van der Waals surface area contributed by atoms with Gasteiger partial charge >= 0.3 is 0 Å². The maximum Gasteiger partial charge on any atom is 0.123 e. The topological polar surface area (TPSA) is 12.0 Å². The van der Waals surface area contributed by atoms with E-state index in [2.05, 4.69) is 43.4 Å². The maximum absolute atomic E-state index is 12.9. The van der Waals surface area contributed by atoms with Gasteiger partial charge < -0.3 is 5.32 Å². The van der Waals surface area contributed by atoms with Crippen molar-refractivity contribution in [2.45, 2.75) is 32.9 Å². The number of rotatable bonds is 5. The van der Waals surface area contributed by atoms with Gasteiger partial charge in [0.1, 0.15) is 5.82 Å². The zero-order valence-corrected chi connectivity index (χ0v) is 11.5. The molecule has 0 bridgehead atoms. The number of hydrogen-bond acceptors (Lipinski definition) is 1. The van der Waals surface area contributed by atoms with Gasteiger partial charge in [0.25, 0.3) is 0 Å². The Kier molecular flexibility index (Phi) is 4.69. The predicted molar refractivity (Wildman–Crippen MR) is 77.5 cm³/mol. The molecule has 2 aromatic carbocycles. The van der Waals surface area contributed by atoms with Gasteiger partial charge in [-0.2, -0.15) is 0 Å². The van der Waals surface area contributed by atoms with E-state index in [0.717, 1.165) is 18.5 Å². The number of aryl methyl sites for hydroxylation is 1. The molecular weight excluding hydrogens is 237 g/mol. The van der Waals surface area contributed by atoms with E-state index in [-0.39, 0.29) is 11.9 Å². The normalized spacial score (nSPS) is 12.4. The molecule has 0 aliphatic rings. The van der Waals surface area contributed by atoms with Crippen molar-refractivity contribution in [3.63, 3.8) is 0 Å². The Balaban J connectivity index is 2.00. The molecule has 0 spiro atoms. The Morgan fingerprint density at radius 1 is 1.00 bits per heavy atom. The quantitative estimate of drug-likeness (QED) is 0.844. The average molecular weight is 257 g/mol. The number of hydrogen-bond donors (Lipinski definition) is 1. The Labute approximate surface area is 114 Å². The van der Waals surface area contributed by atoms with Crippen molar-refractivity contribution >= 4 is 0 Å². The van der Waals surface area contributed by atoms with Gasteiger partial charge in [-0.05, 0) is 42.2 Å². The van der Waals surface area contributed by atoms with E-state index < -0.39 is 0 Å². The van der Waals surface area contributed by atoms with E-state index in [0.29, 0.717) is 0 Å². The second-order valence-corrected chi connectivity index (χ2v) is 4.78. The van der Waals surface area contributed by atoms with E-state index in [1.165, 1.54) is 23.3 Å². The van der Waals surface area contributed by atoms with Crippen LogP contribution in [-0.2, 0) is 13.0 Å². The third-order valence-electron chi connectivity index (χ3n) is 3.47. The summed E-state index contributed by atoms with van der Waals surface area (Å²) in [5.74, 6) is -0.188. The van der Waals surface area contributed by atoms with Crippen LogP contribution >= 0.6 is 0 Å². The van der Waals surface area contributed by atoms with Crippen LogP contribution in [0.5, 0.6) is 0 Å². The van der Waals surface area contributed by atoms with Crippen LogP contribution in [0, 0.1) is 5.82 Å². The lowest BCUT2D eigenvalue weighted by molar-refractivity contribution is 0.569. The molecule has 0 saturated heterocycles. The Morgan fingerprint density at radius 2 is 1.63 bits per heavy atom. The summed E-state index contributed by atoms with van der Waals surface area (Å²) >= 11 is 0. The van der Waals surface area contributed by atoms with Crippen molar-refractivity contribution in [3.05, 3.63) is 71.0 Å². The molecule has 1 unspecified atom stereocenters. The molecule has 1 N–H and O–H groups in total. The molecule has 2 rings (SSSR count). The Bertz CT molecular complexity index is 519.